The van der Waals surface area contributed by atoms with Crippen LogP contribution in [0.5, 0.6) is 0 Å². The highest BCUT2D eigenvalue weighted by molar-refractivity contribution is 7.75. The molecule has 0 aliphatic carbocycles. The van der Waals surface area contributed by atoms with Gasteiger partial charge >= 0.3 is 5.97 Å². The molecule has 0 fully saturated rings. The number of rotatable bonds is 26. The molecule has 0 aromatic carbocycles. The Hall–Kier alpha value is -0.540. The van der Waals surface area contributed by atoms with Crippen molar-refractivity contribution in [2.75, 3.05) is 106 Å². The van der Waals surface area contributed by atoms with Crippen LogP contribution in [-0.2, 0) is 46.9 Å². The Kier molecular flexibility index (Phi) is 26.0. The molecule has 0 aliphatic heterocycles. The maximum atomic E-state index is 10.3. The maximum absolute atomic E-state index is 10.3. The first-order chi connectivity index (χ1) is 14.8. The smallest absolute Gasteiger partial charge is 0.305 e. The zero-order chi connectivity index (χ0) is 22.0. The molecule has 0 rings (SSSR count). The standard InChI is InChI=1S/C18H36O11S/c19-18(20)1-2-21-3-4-22-5-6-23-7-8-24-9-10-25-11-12-26-13-14-27-15-16-28-17-29-30/h30H,1-17H2,(H,19,20). The van der Waals surface area contributed by atoms with E-state index in [-0.39, 0.29) is 19.8 Å². The van der Waals surface area contributed by atoms with E-state index in [1.165, 1.54) is 0 Å². The predicted molar refractivity (Wildman–Crippen MR) is 109 cm³/mol. The first-order valence-electron chi connectivity index (χ1n) is 9.87. The molecule has 0 spiro atoms. The van der Waals surface area contributed by atoms with Crippen LogP contribution in [0.3, 0.4) is 0 Å². The van der Waals surface area contributed by atoms with E-state index < -0.39 is 5.97 Å². The zero-order valence-corrected chi connectivity index (χ0v) is 18.4. The van der Waals surface area contributed by atoms with Crippen molar-refractivity contribution in [2.24, 2.45) is 0 Å². The molecule has 11 nitrogen and oxygen atoms in total. The minimum absolute atomic E-state index is 0.00247. The second-order valence-corrected chi connectivity index (χ2v) is 5.84. The van der Waals surface area contributed by atoms with Gasteiger partial charge in [-0.15, -0.1) is 0 Å². The number of hydrogen-bond donors (Lipinski definition) is 2. The van der Waals surface area contributed by atoms with E-state index in [1.54, 1.807) is 0 Å². The van der Waals surface area contributed by atoms with Gasteiger partial charge in [-0.3, -0.25) is 8.98 Å². The van der Waals surface area contributed by atoms with E-state index >= 15 is 0 Å². The number of carboxylic acid groups (broad SMARTS) is 1. The first kappa shape index (κ1) is 29.5. The average molecular weight is 461 g/mol. The Bertz CT molecular complexity index is 350. The van der Waals surface area contributed by atoms with Crippen LogP contribution in [0.25, 0.3) is 0 Å². The molecule has 0 saturated carbocycles. The monoisotopic (exact) mass is 460 g/mol. The van der Waals surface area contributed by atoms with Gasteiger partial charge in [-0.05, 0) is 12.9 Å². The van der Waals surface area contributed by atoms with Crippen LogP contribution in [0.4, 0.5) is 0 Å². The van der Waals surface area contributed by atoms with Crippen LogP contribution in [-0.4, -0.2) is 117 Å². The lowest BCUT2D eigenvalue weighted by Gasteiger charge is -2.08. The van der Waals surface area contributed by atoms with Gasteiger partial charge < -0.3 is 43.0 Å². The highest BCUT2D eigenvalue weighted by atomic mass is 32.1. The van der Waals surface area contributed by atoms with Crippen LogP contribution in [0.2, 0.25) is 0 Å². The zero-order valence-electron chi connectivity index (χ0n) is 17.5. The summed E-state index contributed by atoms with van der Waals surface area (Å²) in [5.74, 6) is -0.872. The fraction of sp³-hybridized carbons (Fsp3) is 0.944. The Morgan fingerprint density at radius 2 is 0.767 bits per heavy atom. The van der Waals surface area contributed by atoms with Crippen molar-refractivity contribution in [1.29, 1.82) is 0 Å². The van der Waals surface area contributed by atoms with E-state index in [0.717, 1.165) is 0 Å². The van der Waals surface area contributed by atoms with Gasteiger partial charge in [-0.1, -0.05) is 0 Å². The van der Waals surface area contributed by atoms with Crippen molar-refractivity contribution in [2.45, 2.75) is 6.42 Å². The molecular formula is C18H36O11S. The van der Waals surface area contributed by atoms with Crippen molar-refractivity contribution in [3.63, 3.8) is 0 Å². The van der Waals surface area contributed by atoms with Gasteiger partial charge in [0.15, 0.2) is 6.79 Å². The van der Waals surface area contributed by atoms with Gasteiger partial charge in [0.1, 0.15) is 0 Å². The minimum Gasteiger partial charge on any atom is -0.481 e. The maximum Gasteiger partial charge on any atom is 0.305 e. The quantitative estimate of drug-likeness (QED) is 0.0808. The summed E-state index contributed by atoms with van der Waals surface area (Å²) in [5.41, 5.74) is 0. The van der Waals surface area contributed by atoms with Crippen molar-refractivity contribution < 1.29 is 52.0 Å². The van der Waals surface area contributed by atoms with Crippen LogP contribution in [0.1, 0.15) is 6.42 Å². The third kappa shape index (κ3) is 27.5. The molecule has 0 aromatic heterocycles. The van der Waals surface area contributed by atoms with E-state index in [4.69, 9.17) is 43.0 Å². The highest BCUT2D eigenvalue weighted by Gasteiger charge is 1.97. The lowest BCUT2D eigenvalue weighted by atomic mass is 10.5. The van der Waals surface area contributed by atoms with Crippen LogP contribution in [0.15, 0.2) is 0 Å². The van der Waals surface area contributed by atoms with Gasteiger partial charge in [0.05, 0.1) is 106 Å². The average Bonchev–Trinajstić information content (AvgIpc) is 2.73. The number of thiol groups is 1. The summed E-state index contributed by atoms with van der Waals surface area (Å²) in [6.45, 7) is 6.93. The molecule has 0 radical (unpaired) electrons. The third-order valence-electron chi connectivity index (χ3n) is 3.20. The van der Waals surface area contributed by atoms with Crippen molar-refractivity contribution in [3.8, 4) is 0 Å². The van der Waals surface area contributed by atoms with Gasteiger partial charge in [0, 0.05) is 0 Å². The van der Waals surface area contributed by atoms with Crippen molar-refractivity contribution in [1.82, 2.24) is 0 Å². The summed E-state index contributed by atoms with van der Waals surface area (Å²) < 4.78 is 46.6. The van der Waals surface area contributed by atoms with E-state index in [1.807, 2.05) is 0 Å². The van der Waals surface area contributed by atoms with Gasteiger partial charge in [0.2, 0.25) is 0 Å². The first-order valence-corrected chi connectivity index (χ1v) is 10.2. The summed E-state index contributed by atoms with van der Waals surface area (Å²) in [6.07, 6.45) is 0.00247. The Balaban J connectivity index is 2.99. The van der Waals surface area contributed by atoms with Crippen molar-refractivity contribution >= 4 is 18.9 Å². The number of ether oxygens (including phenoxy) is 8. The topological polar surface area (TPSA) is 120 Å². The second-order valence-electron chi connectivity index (χ2n) is 5.59. The number of carboxylic acids is 1. The largest absolute Gasteiger partial charge is 0.481 e. The summed E-state index contributed by atoms with van der Waals surface area (Å²) in [6, 6.07) is 0. The Morgan fingerprint density at radius 3 is 1.03 bits per heavy atom. The predicted octanol–water partition coefficient (Wildman–Crippen LogP) is 0.413. The van der Waals surface area contributed by atoms with Gasteiger partial charge in [-0.2, -0.15) is 0 Å². The molecular weight excluding hydrogens is 424 g/mol. The SMILES string of the molecule is O=C(O)CCOCCOCCOCCOCCOCCOCCOCCOCOS. The second kappa shape index (κ2) is 26.5. The van der Waals surface area contributed by atoms with Crippen molar-refractivity contribution in [3.05, 3.63) is 0 Å². The third-order valence-corrected chi connectivity index (χ3v) is 3.31. The molecule has 1 N–H and O–H groups in total. The fourth-order valence-corrected chi connectivity index (χ4v) is 1.87. The normalized spacial score (nSPS) is 11.2. The Labute approximate surface area is 183 Å². The molecule has 0 heterocycles. The number of carbonyl (C=O) groups is 1. The van der Waals surface area contributed by atoms with Gasteiger partial charge in [0.25, 0.3) is 0 Å². The van der Waals surface area contributed by atoms with E-state index in [0.29, 0.717) is 92.5 Å². The van der Waals surface area contributed by atoms with Crippen LogP contribution >= 0.6 is 12.9 Å². The molecule has 0 atom stereocenters. The molecule has 12 heteroatoms. The minimum atomic E-state index is -0.872. The van der Waals surface area contributed by atoms with E-state index in [2.05, 4.69) is 17.1 Å². The summed E-state index contributed by atoms with van der Waals surface area (Å²) in [7, 11) is 0. The molecule has 0 unspecified atom stereocenters. The molecule has 30 heavy (non-hydrogen) atoms. The molecule has 0 saturated heterocycles. The Morgan fingerprint density at radius 1 is 0.500 bits per heavy atom. The van der Waals surface area contributed by atoms with Crippen LogP contribution < -0.4 is 0 Å². The summed E-state index contributed by atoms with van der Waals surface area (Å²) in [4.78, 5) is 10.3. The van der Waals surface area contributed by atoms with E-state index in [9.17, 15) is 4.79 Å². The van der Waals surface area contributed by atoms with Gasteiger partial charge in [-0.25, -0.2) is 0 Å². The molecule has 0 amide bonds. The fourth-order valence-electron chi connectivity index (χ4n) is 1.80. The molecule has 0 aromatic rings. The summed E-state index contributed by atoms with van der Waals surface area (Å²) in [5, 5.41) is 8.44. The summed E-state index contributed by atoms with van der Waals surface area (Å²) >= 11 is 3.55. The molecule has 0 aliphatic rings. The lowest BCUT2D eigenvalue weighted by Crippen LogP contribution is -2.15. The number of hydrogen-bond acceptors (Lipinski definition) is 11. The van der Waals surface area contributed by atoms with Crippen LogP contribution in [0, 0.1) is 0 Å². The lowest BCUT2D eigenvalue weighted by molar-refractivity contribution is -0.138. The number of aliphatic carboxylic acids is 1. The highest BCUT2D eigenvalue weighted by Crippen LogP contribution is 1.87. The molecule has 0 bridgehead atoms. The molecule has 180 valence electrons.